The third-order valence-corrected chi connectivity index (χ3v) is 7.66. The summed E-state index contributed by atoms with van der Waals surface area (Å²) in [5.74, 6) is -0.353. The van der Waals surface area contributed by atoms with Gasteiger partial charge in [-0.25, -0.2) is 18.1 Å². The van der Waals surface area contributed by atoms with Crippen LogP contribution in [0.25, 0.3) is 22.4 Å². The highest BCUT2D eigenvalue weighted by atomic mass is 32.2. The molecule has 4 rings (SSSR count). The molecule has 0 fully saturated rings. The number of rotatable bonds is 7. The van der Waals surface area contributed by atoms with E-state index in [1.165, 1.54) is 0 Å². The number of sulfonamides is 1. The summed E-state index contributed by atoms with van der Waals surface area (Å²) in [5, 5.41) is 7.29. The fraction of sp³-hybridized carbons (Fsp3) is 0.261. The molecule has 0 bridgehead atoms. The Kier molecular flexibility index (Phi) is 6.33. The van der Waals surface area contributed by atoms with Crippen LogP contribution >= 0.6 is 11.3 Å². The van der Waals surface area contributed by atoms with Gasteiger partial charge >= 0.3 is 0 Å². The Hall–Kier alpha value is -3.08. The standard InChI is InChI=1S/C23H24N4O4S2/c1-13-5-7-17(8-6-13)33(29,30)25-10-9-24-22(28)19-12-20(18-11-14(2)32-16(18)4)26-23-21(19)15(3)27-31-23/h5-8,11-12,25H,9-10H2,1-4H3,(H,24,28). The number of carbonyl (C=O) groups excluding carboxylic acids is 1. The average Bonchev–Trinajstić information content (AvgIpc) is 3.32. The molecule has 10 heteroatoms. The first-order valence-electron chi connectivity index (χ1n) is 10.3. The predicted molar refractivity (Wildman–Crippen MR) is 128 cm³/mol. The topological polar surface area (TPSA) is 114 Å². The van der Waals surface area contributed by atoms with Gasteiger partial charge in [0, 0.05) is 28.4 Å². The molecule has 0 aliphatic rings. The minimum Gasteiger partial charge on any atom is -0.351 e. The lowest BCUT2D eigenvalue weighted by Crippen LogP contribution is -2.34. The number of carbonyl (C=O) groups is 1. The summed E-state index contributed by atoms with van der Waals surface area (Å²) < 4.78 is 32.7. The van der Waals surface area contributed by atoms with Crippen molar-refractivity contribution in [2.75, 3.05) is 13.1 Å². The fourth-order valence-corrected chi connectivity index (χ4v) is 5.52. The first kappa shape index (κ1) is 23.1. The Labute approximate surface area is 196 Å². The normalized spacial score (nSPS) is 11.8. The van der Waals surface area contributed by atoms with Crippen LogP contribution in [0.2, 0.25) is 0 Å². The molecular weight excluding hydrogens is 460 g/mol. The molecule has 0 aliphatic carbocycles. The van der Waals surface area contributed by atoms with Gasteiger partial charge in [0.1, 0.15) is 0 Å². The first-order chi connectivity index (χ1) is 15.7. The Bertz CT molecular complexity index is 1440. The fourth-order valence-electron chi connectivity index (χ4n) is 3.55. The lowest BCUT2D eigenvalue weighted by Gasteiger charge is -2.10. The van der Waals surface area contributed by atoms with Crippen molar-refractivity contribution in [1.82, 2.24) is 20.2 Å². The first-order valence-corrected chi connectivity index (χ1v) is 12.6. The molecule has 0 radical (unpaired) electrons. The lowest BCUT2D eigenvalue weighted by molar-refractivity contribution is 0.0956. The van der Waals surface area contributed by atoms with Crippen molar-refractivity contribution >= 4 is 38.4 Å². The zero-order valence-electron chi connectivity index (χ0n) is 18.7. The number of nitrogens with one attached hydrogen (secondary N) is 2. The van der Waals surface area contributed by atoms with Gasteiger partial charge in [-0.15, -0.1) is 11.3 Å². The van der Waals surface area contributed by atoms with Crippen molar-refractivity contribution in [3.8, 4) is 11.3 Å². The van der Waals surface area contributed by atoms with Crippen LogP contribution in [-0.4, -0.2) is 37.6 Å². The maximum absolute atomic E-state index is 13.0. The second kappa shape index (κ2) is 9.05. The second-order valence-electron chi connectivity index (χ2n) is 7.80. The molecule has 0 saturated carbocycles. The molecular formula is C23H24N4O4S2. The van der Waals surface area contributed by atoms with Crippen LogP contribution in [0, 0.1) is 27.7 Å². The van der Waals surface area contributed by atoms with Crippen LogP contribution in [0.1, 0.15) is 31.4 Å². The van der Waals surface area contributed by atoms with Gasteiger partial charge in [0.25, 0.3) is 11.6 Å². The number of benzene rings is 1. The molecule has 1 aromatic carbocycles. The second-order valence-corrected chi connectivity index (χ2v) is 11.0. The summed E-state index contributed by atoms with van der Waals surface area (Å²) in [6.07, 6.45) is 0. The molecule has 172 valence electrons. The Balaban J connectivity index is 1.51. The number of thiophene rings is 1. The van der Waals surface area contributed by atoms with Crippen molar-refractivity contribution < 1.29 is 17.7 Å². The van der Waals surface area contributed by atoms with E-state index in [4.69, 9.17) is 4.52 Å². The molecule has 1 amide bonds. The highest BCUT2D eigenvalue weighted by molar-refractivity contribution is 7.89. The van der Waals surface area contributed by atoms with E-state index in [-0.39, 0.29) is 23.9 Å². The molecule has 8 nitrogen and oxygen atoms in total. The summed E-state index contributed by atoms with van der Waals surface area (Å²) in [4.78, 5) is 20.0. The van der Waals surface area contributed by atoms with Crippen molar-refractivity contribution in [3.05, 3.63) is 63.0 Å². The van der Waals surface area contributed by atoms with Crippen LogP contribution < -0.4 is 10.0 Å². The van der Waals surface area contributed by atoms with E-state index in [0.29, 0.717) is 28.1 Å². The third kappa shape index (κ3) is 4.82. The van der Waals surface area contributed by atoms with Gasteiger partial charge in [0.15, 0.2) is 0 Å². The minimum absolute atomic E-state index is 0.0501. The zero-order valence-corrected chi connectivity index (χ0v) is 20.4. The molecule has 33 heavy (non-hydrogen) atoms. The summed E-state index contributed by atoms with van der Waals surface area (Å²) in [6, 6.07) is 10.3. The Morgan fingerprint density at radius 2 is 1.79 bits per heavy atom. The molecule has 0 unspecified atom stereocenters. The van der Waals surface area contributed by atoms with Gasteiger partial charge in [-0.05, 0) is 52.0 Å². The number of pyridine rings is 1. The number of aryl methyl sites for hydroxylation is 4. The van der Waals surface area contributed by atoms with Gasteiger partial charge in [0.2, 0.25) is 10.0 Å². The van der Waals surface area contributed by atoms with Crippen molar-refractivity contribution in [2.45, 2.75) is 32.6 Å². The van der Waals surface area contributed by atoms with Gasteiger partial charge < -0.3 is 9.84 Å². The van der Waals surface area contributed by atoms with Crippen LogP contribution in [0.4, 0.5) is 0 Å². The van der Waals surface area contributed by atoms with E-state index in [1.807, 2.05) is 26.8 Å². The number of aromatic nitrogens is 2. The van der Waals surface area contributed by atoms with Crippen LogP contribution in [0.15, 0.2) is 45.8 Å². The molecule has 0 atom stereocenters. The summed E-state index contributed by atoms with van der Waals surface area (Å²) in [6.45, 7) is 7.82. The van der Waals surface area contributed by atoms with Crippen molar-refractivity contribution in [3.63, 3.8) is 0 Å². The highest BCUT2D eigenvalue weighted by Crippen LogP contribution is 2.32. The SMILES string of the molecule is Cc1ccc(S(=O)(=O)NCCNC(=O)c2cc(-c3cc(C)sc3C)nc3onc(C)c23)cc1. The number of nitrogens with zero attached hydrogens (tertiary/aromatic N) is 2. The van der Waals surface area contributed by atoms with Gasteiger partial charge in [-0.1, -0.05) is 22.9 Å². The number of amides is 1. The lowest BCUT2D eigenvalue weighted by atomic mass is 10.1. The zero-order chi connectivity index (χ0) is 23.8. The average molecular weight is 485 g/mol. The largest absolute Gasteiger partial charge is 0.351 e. The Morgan fingerprint density at radius 1 is 1.06 bits per heavy atom. The molecule has 0 saturated heterocycles. The van der Waals surface area contributed by atoms with Crippen molar-refractivity contribution in [1.29, 1.82) is 0 Å². The number of hydrogen-bond acceptors (Lipinski definition) is 7. The number of hydrogen-bond donors (Lipinski definition) is 2. The predicted octanol–water partition coefficient (Wildman–Crippen LogP) is 3.89. The van der Waals surface area contributed by atoms with E-state index in [2.05, 4.69) is 20.2 Å². The molecule has 4 aromatic rings. The van der Waals surface area contributed by atoms with Crippen LogP contribution in [-0.2, 0) is 10.0 Å². The van der Waals surface area contributed by atoms with E-state index < -0.39 is 10.0 Å². The van der Waals surface area contributed by atoms with E-state index in [0.717, 1.165) is 20.9 Å². The highest BCUT2D eigenvalue weighted by Gasteiger charge is 2.21. The summed E-state index contributed by atoms with van der Waals surface area (Å²) >= 11 is 1.65. The summed E-state index contributed by atoms with van der Waals surface area (Å²) in [5.41, 5.74) is 3.78. The molecule has 3 aromatic heterocycles. The Morgan fingerprint density at radius 3 is 2.45 bits per heavy atom. The monoisotopic (exact) mass is 484 g/mol. The smallest absolute Gasteiger partial charge is 0.259 e. The van der Waals surface area contributed by atoms with E-state index >= 15 is 0 Å². The molecule has 2 N–H and O–H groups in total. The number of fused-ring (bicyclic) bond motifs is 1. The van der Waals surface area contributed by atoms with Crippen LogP contribution in [0.3, 0.4) is 0 Å². The van der Waals surface area contributed by atoms with Gasteiger partial charge in [-0.2, -0.15) is 0 Å². The molecule has 0 aliphatic heterocycles. The quantitative estimate of drug-likeness (QED) is 0.385. The molecule has 0 spiro atoms. The van der Waals surface area contributed by atoms with Gasteiger partial charge in [0.05, 0.1) is 27.2 Å². The van der Waals surface area contributed by atoms with E-state index in [9.17, 15) is 13.2 Å². The van der Waals surface area contributed by atoms with Gasteiger partial charge in [-0.3, -0.25) is 4.79 Å². The van der Waals surface area contributed by atoms with E-state index in [1.54, 1.807) is 48.6 Å². The van der Waals surface area contributed by atoms with Crippen LogP contribution in [0.5, 0.6) is 0 Å². The maximum atomic E-state index is 13.0. The minimum atomic E-state index is -3.65. The maximum Gasteiger partial charge on any atom is 0.259 e. The van der Waals surface area contributed by atoms with Crippen molar-refractivity contribution in [2.24, 2.45) is 0 Å². The third-order valence-electron chi connectivity index (χ3n) is 5.21. The molecule has 3 heterocycles. The summed E-state index contributed by atoms with van der Waals surface area (Å²) in [7, 11) is -3.65.